The number of aliphatic carboxylic acids is 2. The van der Waals surface area contributed by atoms with Gasteiger partial charge < -0.3 is 28.9 Å². The van der Waals surface area contributed by atoms with Crippen LogP contribution in [0.15, 0.2) is 15.8 Å². The molecule has 2 heterocycles. The van der Waals surface area contributed by atoms with Crippen LogP contribution >= 0.6 is 19.5 Å². The topological polar surface area (TPSA) is 183 Å². The highest BCUT2D eigenvalue weighted by atomic mass is 32.7. The lowest BCUT2D eigenvalue weighted by molar-refractivity contribution is -0.157. The molecule has 1 fully saturated rings. The highest BCUT2D eigenvalue weighted by Crippen LogP contribution is 2.42. The van der Waals surface area contributed by atoms with Crippen LogP contribution in [0.25, 0.3) is 0 Å². The molecule has 1 aromatic heterocycles. The fourth-order valence-electron chi connectivity index (χ4n) is 3.14. The molecule has 31 heavy (non-hydrogen) atoms. The summed E-state index contributed by atoms with van der Waals surface area (Å²) in [7, 11) is -1.48. The summed E-state index contributed by atoms with van der Waals surface area (Å²) < 4.78 is 34.5. The molecular formula is C16H23N2O11PS. The number of nitrogens with one attached hydrogen (secondary N) is 1. The summed E-state index contributed by atoms with van der Waals surface area (Å²) in [5.41, 5.74) is -1.28. The molecule has 15 heteroatoms. The first-order valence-corrected chi connectivity index (χ1v) is 11.6. The van der Waals surface area contributed by atoms with Crippen molar-refractivity contribution >= 4 is 31.4 Å². The van der Waals surface area contributed by atoms with E-state index in [9.17, 15) is 34.0 Å². The molecule has 5 unspecified atom stereocenters. The fourth-order valence-corrected chi connectivity index (χ4v) is 4.02. The number of rotatable bonds is 11. The number of aromatic nitrogens is 2. The number of thiol groups is 1. The van der Waals surface area contributed by atoms with Gasteiger partial charge in [0.05, 0.1) is 19.3 Å². The Morgan fingerprint density at radius 3 is 2.48 bits per heavy atom. The lowest BCUT2D eigenvalue weighted by atomic mass is 9.97. The van der Waals surface area contributed by atoms with Crippen LogP contribution in [-0.4, -0.2) is 70.3 Å². The predicted octanol–water partition coefficient (Wildman–Crippen LogP) is -0.346. The molecule has 1 aliphatic rings. The maximum Gasteiger partial charge on any atom is 0.330 e. The standard InChI is InChI=1S/C16H23N2O11PS/c1-7-6-18(16(24)17-12(7)19)13-11(27-4-3-26-2)10(29-30(25)31)9(28-13)5-8(14(20)21)15(22)23/h6,8-11,13,30H,3-5H2,1-2H3,(H,20,21)(H,22,23)(H,25,31)(H,17,19,24). The first-order valence-electron chi connectivity index (χ1n) is 9.00. The van der Waals surface area contributed by atoms with Crippen LogP contribution in [0.1, 0.15) is 18.2 Å². The molecule has 0 spiro atoms. The molecule has 0 aromatic carbocycles. The molecule has 2 rings (SSSR count). The van der Waals surface area contributed by atoms with E-state index in [-0.39, 0.29) is 18.8 Å². The third kappa shape index (κ3) is 6.28. The maximum atomic E-state index is 12.4. The molecule has 174 valence electrons. The lowest BCUT2D eigenvalue weighted by Crippen LogP contribution is -2.41. The number of hydrogen-bond acceptors (Lipinski definition) is 9. The minimum absolute atomic E-state index is 0.000511. The van der Waals surface area contributed by atoms with Crippen LogP contribution in [0, 0.1) is 12.8 Å². The van der Waals surface area contributed by atoms with Crippen molar-refractivity contribution in [2.24, 2.45) is 5.92 Å². The van der Waals surface area contributed by atoms with E-state index in [1.54, 1.807) is 0 Å². The Hall–Kier alpha value is -1.96. The van der Waals surface area contributed by atoms with Crippen LogP contribution < -0.4 is 11.2 Å². The Kier molecular flexibility index (Phi) is 9.03. The zero-order chi connectivity index (χ0) is 23.3. The van der Waals surface area contributed by atoms with Gasteiger partial charge in [-0.1, -0.05) is 12.2 Å². The fraction of sp³-hybridized carbons (Fsp3) is 0.625. The number of carboxylic acid groups (broad SMARTS) is 2. The van der Waals surface area contributed by atoms with Gasteiger partial charge >= 0.3 is 17.6 Å². The van der Waals surface area contributed by atoms with E-state index in [0.717, 1.165) is 4.57 Å². The summed E-state index contributed by atoms with van der Waals surface area (Å²) >= 11 is 3.74. The van der Waals surface area contributed by atoms with Gasteiger partial charge in [0, 0.05) is 25.3 Å². The summed E-state index contributed by atoms with van der Waals surface area (Å²) in [5, 5.41) is 18.4. The monoisotopic (exact) mass is 482 g/mol. The normalized spacial score (nSPS) is 24.4. The third-order valence-corrected chi connectivity index (χ3v) is 5.39. The summed E-state index contributed by atoms with van der Waals surface area (Å²) in [4.78, 5) is 48.9. The van der Waals surface area contributed by atoms with Crippen molar-refractivity contribution in [2.45, 2.75) is 37.9 Å². The van der Waals surface area contributed by atoms with Crippen molar-refractivity contribution in [3.63, 3.8) is 0 Å². The SMILES string of the molecule is COCCOC1C(O[PH](=O)S)C(CC(C(=O)O)C(=O)O)OC1n1cc(C)c(=O)[nH]c1=O. The second kappa shape index (κ2) is 11.1. The number of methoxy groups -OCH3 is 1. The van der Waals surface area contributed by atoms with Gasteiger partial charge in [0.1, 0.15) is 12.2 Å². The zero-order valence-electron chi connectivity index (χ0n) is 16.5. The van der Waals surface area contributed by atoms with Gasteiger partial charge in [-0.05, 0) is 6.92 Å². The Bertz CT molecular complexity index is 934. The first kappa shape index (κ1) is 25.3. The number of aromatic amines is 1. The van der Waals surface area contributed by atoms with E-state index >= 15 is 0 Å². The van der Waals surface area contributed by atoms with Crippen molar-refractivity contribution in [2.75, 3.05) is 20.3 Å². The van der Waals surface area contributed by atoms with Crippen LogP contribution in [0.4, 0.5) is 0 Å². The smallest absolute Gasteiger partial charge is 0.330 e. The predicted molar refractivity (Wildman–Crippen MR) is 108 cm³/mol. The molecule has 0 saturated carbocycles. The minimum Gasteiger partial charge on any atom is -0.481 e. The van der Waals surface area contributed by atoms with Crippen LogP contribution in [0.5, 0.6) is 0 Å². The molecule has 0 aliphatic carbocycles. The molecule has 1 aliphatic heterocycles. The van der Waals surface area contributed by atoms with Gasteiger partial charge in [0.2, 0.25) is 7.23 Å². The molecule has 1 saturated heterocycles. The van der Waals surface area contributed by atoms with Gasteiger partial charge in [0.25, 0.3) is 5.56 Å². The van der Waals surface area contributed by atoms with Gasteiger partial charge in [-0.25, -0.2) is 4.79 Å². The molecule has 1 aromatic rings. The molecule has 13 nitrogen and oxygen atoms in total. The van der Waals surface area contributed by atoms with Gasteiger partial charge in [-0.3, -0.25) is 28.5 Å². The Labute approximate surface area is 181 Å². The Morgan fingerprint density at radius 2 is 1.94 bits per heavy atom. The second-order valence-electron chi connectivity index (χ2n) is 6.69. The summed E-state index contributed by atoms with van der Waals surface area (Å²) in [6.07, 6.45) is -4.15. The summed E-state index contributed by atoms with van der Waals surface area (Å²) in [5.74, 6) is -5.07. The highest BCUT2D eigenvalue weighted by Gasteiger charge is 2.50. The largest absolute Gasteiger partial charge is 0.481 e. The number of ether oxygens (including phenoxy) is 3. The number of carbonyl (C=O) groups is 2. The number of aryl methyl sites for hydroxylation is 1. The molecule has 5 atom stereocenters. The quantitative estimate of drug-likeness (QED) is 0.140. The van der Waals surface area contributed by atoms with E-state index < -0.39 is 67.3 Å². The molecule has 3 N–H and O–H groups in total. The second-order valence-corrected chi connectivity index (χ2v) is 8.55. The zero-order valence-corrected chi connectivity index (χ0v) is 18.4. The van der Waals surface area contributed by atoms with Gasteiger partial charge in [-0.15, -0.1) is 0 Å². The van der Waals surface area contributed by atoms with E-state index in [4.69, 9.17) is 18.7 Å². The first-order chi connectivity index (χ1) is 14.6. The lowest BCUT2D eigenvalue weighted by Gasteiger charge is -2.24. The molecular weight excluding hydrogens is 459 g/mol. The number of nitrogens with zero attached hydrogens (tertiary/aromatic N) is 1. The van der Waals surface area contributed by atoms with Crippen molar-refractivity contribution in [1.82, 2.24) is 9.55 Å². The Balaban J connectivity index is 2.49. The van der Waals surface area contributed by atoms with E-state index in [1.165, 1.54) is 20.2 Å². The van der Waals surface area contributed by atoms with Crippen molar-refractivity contribution < 1.29 is 43.1 Å². The Morgan fingerprint density at radius 1 is 1.29 bits per heavy atom. The van der Waals surface area contributed by atoms with Crippen LogP contribution in [0.3, 0.4) is 0 Å². The van der Waals surface area contributed by atoms with Crippen LogP contribution in [0.2, 0.25) is 0 Å². The molecule has 0 amide bonds. The summed E-state index contributed by atoms with van der Waals surface area (Å²) in [6, 6.07) is 0. The van der Waals surface area contributed by atoms with E-state index in [2.05, 4.69) is 17.2 Å². The average Bonchev–Trinajstić information content (AvgIpc) is 2.99. The molecule has 0 bridgehead atoms. The maximum absolute atomic E-state index is 12.4. The van der Waals surface area contributed by atoms with Crippen LogP contribution in [-0.2, 0) is 32.9 Å². The minimum atomic E-state index is -2.90. The average molecular weight is 482 g/mol. The summed E-state index contributed by atoms with van der Waals surface area (Å²) in [6.45, 7) is 1.59. The van der Waals surface area contributed by atoms with Crippen molar-refractivity contribution in [3.05, 3.63) is 32.6 Å². The van der Waals surface area contributed by atoms with E-state index in [1.807, 2.05) is 0 Å². The number of H-pyrrole nitrogens is 1. The number of hydrogen-bond donors (Lipinski definition) is 4. The highest BCUT2D eigenvalue weighted by molar-refractivity contribution is 8.39. The van der Waals surface area contributed by atoms with E-state index in [0.29, 0.717) is 0 Å². The van der Waals surface area contributed by atoms with Crippen molar-refractivity contribution in [3.8, 4) is 0 Å². The number of carboxylic acids is 2. The van der Waals surface area contributed by atoms with Gasteiger partial charge in [-0.2, -0.15) is 0 Å². The van der Waals surface area contributed by atoms with Gasteiger partial charge in [0.15, 0.2) is 12.1 Å². The third-order valence-electron chi connectivity index (χ3n) is 4.60. The molecule has 0 radical (unpaired) electrons. The van der Waals surface area contributed by atoms with Crippen molar-refractivity contribution in [1.29, 1.82) is 0 Å².